The lowest BCUT2D eigenvalue weighted by Crippen LogP contribution is -2.35. The number of rotatable bonds is 11. The monoisotopic (exact) mass is 548 g/mol. The third kappa shape index (κ3) is 6.44. The summed E-state index contributed by atoms with van der Waals surface area (Å²) in [4.78, 5) is 31.4. The van der Waals surface area contributed by atoms with Crippen molar-refractivity contribution in [2.45, 2.75) is 39.8 Å². The van der Waals surface area contributed by atoms with Gasteiger partial charge in [0, 0.05) is 72.4 Å². The first-order valence-corrected chi connectivity index (χ1v) is 14.3. The van der Waals surface area contributed by atoms with E-state index in [4.69, 9.17) is 16.3 Å². The molecule has 1 fully saturated rings. The first-order chi connectivity index (χ1) is 18.9. The van der Waals surface area contributed by atoms with E-state index in [1.807, 2.05) is 24.4 Å². The molecule has 0 spiro atoms. The average Bonchev–Trinajstić information content (AvgIpc) is 3.29. The van der Waals surface area contributed by atoms with Crippen molar-refractivity contribution in [2.75, 3.05) is 45.9 Å². The Hall–Kier alpha value is -2.97. The maximum Gasteiger partial charge on any atom is 0.224 e. The van der Waals surface area contributed by atoms with Crippen LogP contribution in [0.25, 0.3) is 16.3 Å². The summed E-state index contributed by atoms with van der Waals surface area (Å²) < 4.78 is 7.66. The van der Waals surface area contributed by atoms with Crippen molar-refractivity contribution in [3.05, 3.63) is 86.3 Å². The molecule has 4 aromatic rings. The standard InChI is InChI=1S/C31H37ClN4O3/c1-3-34(4-2)10-9-27-17-24-15-23(20-35-11-13-39-14-12-35)16-28-30(24)36(27)21-25(31(28)38)18-29(37)33-19-22-5-7-26(32)8-6-22/h5-8,15-17,21H,3-4,9-14,18-20H2,1-2H3,(H,33,37). The maximum atomic E-state index is 13.7. The molecule has 0 atom stereocenters. The van der Waals surface area contributed by atoms with Gasteiger partial charge in [0.1, 0.15) is 0 Å². The summed E-state index contributed by atoms with van der Waals surface area (Å²) in [6, 6.07) is 13.9. The highest BCUT2D eigenvalue weighted by molar-refractivity contribution is 6.30. The molecular formula is C31H37ClN4O3. The van der Waals surface area contributed by atoms with Crippen molar-refractivity contribution in [3.8, 4) is 0 Å². The van der Waals surface area contributed by atoms with E-state index < -0.39 is 0 Å². The number of amides is 1. The van der Waals surface area contributed by atoms with E-state index in [1.165, 1.54) is 0 Å². The largest absolute Gasteiger partial charge is 0.379 e. The minimum Gasteiger partial charge on any atom is -0.379 e. The van der Waals surface area contributed by atoms with Crippen LogP contribution in [0.3, 0.4) is 0 Å². The Labute approximate surface area is 234 Å². The number of likely N-dealkylation sites (N-methyl/N-ethyl adjacent to an activating group) is 1. The van der Waals surface area contributed by atoms with Gasteiger partial charge >= 0.3 is 0 Å². The van der Waals surface area contributed by atoms with Crippen LogP contribution >= 0.6 is 11.6 Å². The molecule has 0 aliphatic carbocycles. The second-order valence-electron chi connectivity index (χ2n) is 10.3. The molecule has 0 bridgehead atoms. The lowest BCUT2D eigenvalue weighted by atomic mass is 10.0. The minimum absolute atomic E-state index is 0.0364. The predicted molar refractivity (Wildman–Crippen MR) is 157 cm³/mol. The number of aromatic nitrogens is 1. The highest BCUT2D eigenvalue weighted by Gasteiger charge is 2.19. The third-order valence-electron chi connectivity index (χ3n) is 7.74. The van der Waals surface area contributed by atoms with Gasteiger partial charge in [-0.3, -0.25) is 14.5 Å². The molecule has 39 heavy (non-hydrogen) atoms. The number of carbonyl (C=O) groups excluding carboxylic acids is 1. The van der Waals surface area contributed by atoms with Crippen LogP contribution in [0.1, 0.15) is 36.2 Å². The zero-order valence-corrected chi connectivity index (χ0v) is 23.6. The first kappa shape index (κ1) is 27.6. The number of hydrogen-bond donors (Lipinski definition) is 1. The molecule has 5 rings (SSSR count). The maximum absolute atomic E-state index is 13.7. The summed E-state index contributed by atoms with van der Waals surface area (Å²) in [5.41, 5.74) is 4.64. The van der Waals surface area contributed by atoms with Crippen molar-refractivity contribution in [1.29, 1.82) is 0 Å². The highest BCUT2D eigenvalue weighted by Crippen LogP contribution is 2.27. The predicted octanol–water partition coefficient (Wildman–Crippen LogP) is 4.12. The van der Waals surface area contributed by atoms with E-state index >= 15 is 0 Å². The van der Waals surface area contributed by atoms with Crippen LogP contribution in [0.2, 0.25) is 5.02 Å². The Morgan fingerprint density at radius 2 is 1.79 bits per heavy atom. The molecule has 3 heterocycles. The summed E-state index contributed by atoms with van der Waals surface area (Å²) in [5.74, 6) is -0.175. The van der Waals surface area contributed by atoms with Crippen LogP contribution < -0.4 is 10.7 Å². The van der Waals surface area contributed by atoms with Crippen molar-refractivity contribution < 1.29 is 9.53 Å². The van der Waals surface area contributed by atoms with Gasteiger partial charge in [-0.15, -0.1) is 0 Å². The van der Waals surface area contributed by atoms with Crippen molar-refractivity contribution in [2.24, 2.45) is 0 Å². The summed E-state index contributed by atoms with van der Waals surface area (Å²) in [5, 5.41) is 5.38. The number of halogens is 1. The summed E-state index contributed by atoms with van der Waals surface area (Å²) in [6.45, 7) is 11.7. The van der Waals surface area contributed by atoms with Crippen LogP contribution in [-0.2, 0) is 35.5 Å². The van der Waals surface area contributed by atoms with Crippen molar-refractivity contribution in [1.82, 2.24) is 19.5 Å². The van der Waals surface area contributed by atoms with Gasteiger partial charge in [0.2, 0.25) is 5.91 Å². The van der Waals surface area contributed by atoms with Gasteiger partial charge in [-0.25, -0.2) is 0 Å². The Balaban J connectivity index is 1.46. The molecule has 1 saturated heterocycles. The van der Waals surface area contributed by atoms with E-state index in [0.29, 0.717) is 22.5 Å². The van der Waals surface area contributed by atoms with Crippen molar-refractivity contribution >= 4 is 33.8 Å². The third-order valence-corrected chi connectivity index (χ3v) is 7.99. The van der Waals surface area contributed by atoms with Gasteiger partial charge in [0.25, 0.3) is 0 Å². The van der Waals surface area contributed by atoms with Gasteiger partial charge in [-0.1, -0.05) is 37.6 Å². The molecule has 1 N–H and O–H groups in total. The average molecular weight is 549 g/mol. The first-order valence-electron chi connectivity index (χ1n) is 13.9. The van der Waals surface area contributed by atoms with Crippen LogP contribution in [0.5, 0.6) is 0 Å². The molecule has 0 unspecified atom stereocenters. The molecule has 1 aliphatic rings. The van der Waals surface area contributed by atoms with E-state index in [2.05, 4.69) is 45.5 Å². The molecule has 2 aromatic carbocycles. The topological polar surface area (TPSA) is 66.3 Å². The van der Waals surface area contributed by atoms with E-state index in [9.17, 15) is 9.59 Å². The normalized spacial score (nSPS) is 14.6. The number of nitrogens with zero attached hydrogens (tertiary/aromatic N) is 3. The molecule has 206 valence electrons. The number of pyridine rings is 1. The Morgan fingerprint density at radius 3 is 2.51 bits per heavy atom. The fourth-order valence-corrected chi connectivity index (χ4v) is 5.60. The second-order valence-corrected chi connectivity index (χ2v) is 10.8. The van der Waals surface area contributed by atoms with Gasteiger partial charge in [-0.05, 0) is 54.5 Å². The number of benzene rings is 2. The van der Waals surface area contributed by atoms with Crippen molar-refractivity contribution in [3.63, 3.8) is 0 Å². The van der Waals surface area contributed by atoms with Crippen LogP contribution in [0, 0.1) is 0 Å². The van der Waals surface area contributed by atoms with E-state index in [-0.39, 0.29) is 17.8 Å². The zero-order valence-electron chi connectivity index (χ0n) is 22.8. The molecule has 7 nitrogen and oxygen atoms in total. The fraction of sp³-hybridized carbons (Fsp3) is 0.419. The Morgan fingerprint density at radius 1 is 1.05 bits per heavy atom. The number of ether oxygens (including phenoxy) is 1. The molecule has 8 heteroatoms. The number of nitrogens with one attached hydrogen (secondary N) is 1. The summed E-state index contributed by atoms with van der Waals surface area (Å²) in [7, 11) is 0. The van der Waals surface area contributed by atoms with Crippen LogP contribution in [0.4, 0.5) is 0 Å². The SMILES string of the molecule is CCN(CC)CCc1cc2cc(CN3CCOCC3)cc3c(=O)c(CC(=O)NCc4ccc(Cl)cc4)cn1c23. The van der Waals surface area contributed by atoms with Gasteiger partial charge in [-0.2, -0.15) is 0 Å². The van der Waals surface area contributed by atoms with Crippen LogP contribution in [0.15, 0.2) is 53.5 Å². The highest BCUT2D eigenvalue weighted by atomic mass is 35.5. The lowest BCUT2D eigenvalue weighted by Gasteiger charge is -2.26. The Kier molecular flexibility index (Phi) is 8.82. The molecule has 1 aliphatic heterocycles. The molecule has 0 saturated carbocycles. The van der Waals surface area contributed by atoms with Gasteiger partial charge in [0.15, 0.2) is 5.43 Å². The number of morpholine rings is 1. The Bertz CT molecular complexity index is 1470. The smallest absolute Gasteiger partial charge is 0.224 e. The molecular weight excluding hydrogens is 512 g/mol. The zero-order chi connectivity index (χ0) is 27.4. The van der Waals surface area contributed by atoms with E-state index in [1.54, 1.807) is 12.1 Å². The second kappa shape index (κ2) is 12.5. The fourth-order valence-electron chi connectivity index (χ4n) is 5.48. The molecule has 0 radical (unpaired) electrons. The summed E-state index contributed by atoms with van der Waals surface area (Å²) in [6.07, 6.45) is 2.79. The number of hydrogen-bond acceptors (Lipinski definition) is 5. The number of carbonyl (C=O) groups is 1. The molecule has 1 amide bonds. The summed E-state index contributed by atoms with van der Waals surface area (Å²) >= 11 is 5.97. The lowest BCUT2D eigenvalue weighted by molar-refractivity contribution is -0.120. The van der Waals surface area contributed by atoms with Gasteiger partial charge in [0.05, 0.1) is 25.2 Å². The van der Waals surface area contributed by atoms with Crippen LogP contribution in [-0.4, -0.2) is 66.0 Å². The minimum atomic E-state index is -0.175. The molecule has 2 aromatic heterocycles. The quantitative estimate of drug-likeness (QED) is 0.305. The van der Waals surface area contributed by atoms with Gasteiger partial charge < -0.3 is 19.4 Å². The van der Waals surface area contributed by atoms with E-state index in [0.717, 1.165) is 86.6 Å².